The van der Waals surface area contributed by atoms with Gasteiger partial charge in [-0.3, -0.25) is 4.79 Å². The highest BCUT2D eigenvalue weighted by Gasteiger charge is 2.29. The first-order valence-corrected chi connectivity index (χ1v) is 11.4. The maximum atomic E-state index is 13.1. The minimum absolute atomic E-state index is 0.232. The van der Waals surface area contributed by atoms with Crippen LogP contribution in [-0.2, 0) is 16.1 Å². The van der Waals surface area contributed by atoms with Crippen molar-refractivity contribution in [1.82, 2.24) is 9.55 Å². The van der Waals surface area contributed by atoms with Crippen molar-refractivity contribution in [2.45, 2.75) is 13.5 Å². The lowest BCUT2D eigenvalue weighted by Gasteiger charge is -2.15. The van der Waals surface area contributed by atoms with Crippen LogP contribution in [-0.4, -0.2) is 28.0 Å². The Kier molecular flexibility index (Phi) is 6.13. The second kappa shape index (κ2) is 9.69. The van der Waals surface area contributed by atoms with Gasteiger partial charge in [0.25, 0.3) is 5.91 Å². The summed E-state index contributed by atoms with van der Waals surface area (Å²) in [6.07, 6.45) is 5.47. The summed E-state index contributed by atoms with van der Waals surface area (Å²) in [6.45, 7) is 2.78. The smallest absolute Gasteiger partial charge is 0.338 e. The van der Waals surface area contributed by atoms with E-state index in [2.05, 4.69) is 15.6 Å². The van der Waals surface area contributed by atoms with Gasteiger partial charge in [0.2, 0.25) is 0 Å². The Morgan fingerprint density at radius 2 is 1.83 bits per heavy atom. The summed E-state index contributed by atoms with van der Waals surface area (Å²) in [5, 5.41) is 6.36. The molecule has 5 rings (SSSR count). The van der Waals surface area contributed by atoms with Gasteiger partial charge in [0.05, 0.1) is 35.5 Å². The van der Waals surface area contributed by atoms with E-state index >= 15 is 0 Å². The number of rotatable bonds is 7. The Bertz CT molecular complexity index is 1390. The minimum Gasteiger partial charge on any atom is -0.462 e. The highest BCUT2D eigenvalue weighted by molar-refractivity contribution is 6.37. The van der Waals surface area contributed by atoms with Crippen LogP contribution < -0.4 is 10.6 Å². The summed E-state index contributed by atoms with van der Waals surface area (Å²) >= 11 is 0. The molecule has 174 valence electrons. The third-order valence-corrected chi connectivity index (χ3v) is 5.74. The van der Waals surface area contributed by atoms with E-state index in [1.54, 1.807) is 37.6 Å². The summed E-state index contributed by atoms with van der Waals surface area (Å²) < 4.78 is 7.10. The molecule has 2 N–H and O–H groups in total. The molecule has 0 aliphatic carbocycles. The second-order valence-electron chi connectivity index (χ2n) is 8.11. The molecule has 0 bridgehead atoms. The number of benzene rings is 3. The number of aromatic nitrogens is 2. The van der Waals surface area contributed by atoms with Gasteiger partial charge in [-0.25, -0.2) is 9.78 Å². The lowest BCUT2D eigenvalue weighted by atomic mass is 9.99. The number of nitrogens with zero attached hydrogens (tertiary/aromatic N) is 2. The Labute approximate surface area is 203 Å². The number of esters is 1. The summed E-state index contributed by atoms with van der Waals surface area (Å²) in [5.74, 6) is -0.650. The molecule has 1 aromatic heterocycles. The van der Waals surface area contributed by atoms with E-state index in [0.29, 0.717) is 22.5 Å². The van der Waals surface area contributed by atoms with Gasteiger partial charge < -0.3 is 19.9 Å². The molecular formula is C28H24N4O3. The molecule has 0 spiro atoms. The van der Waals surface area contributed by atoms with Gasteiger partial charge in [-0.15, -0.1) is 0 Å². The zero-order valence-corrected chi connectivity index (χ0v) is 19.2. The number of anilines is 2. The zero-order valence-electron chi connectivity index (χ0n) is 19.2. The molecule has 35 heavy (non-hydrogen) atoms. The van der Waals surface area contributed by atoms with E-state index in [0.717, 1.165) is 28.9 Å². The van der Waals surface area contributed by atoms with E-state index < -0.39 is 5.97 Å². The van der Waals surface area contributed by atoms with Crippen molar-refractivity contribution in [2.24, 2.45) is 0 Å². The van der Waals surface area contributed by atoms with Crippen molar-refractivity contribution >= 4 is 34.5 Å². The summed E-state index contributed by atoms with van der Waals surface area (Å²) in [6, 6.07) is 22.9. The number of nitrogens with one attached hydrogen (secondary N) is 2. The lowest BCUT2D eigenvalue weighted by molar-refractivity contribution is -0.110. The SMILES string of the molecule is CCOC(=O)c1ccc2c(c1)NC(=O)C2=C(Nc1ccc(Cn2ccnc2)cc1)c1ccccc1. The first kappa shape index (κ1) is 22.2. The fraction of sp³-hybridized carbons (Fsp3) is 0.107. The predicted octanol–water partition coefficient (Wildman–Crippen LogP) is 5.04. The van der Waals surface area contributed by atoms with Gasteiger partial charge in [-0.05, 0) is 42.3 Å². The number of ether oxygens (including phenoxy) is 1. The number of amides is 1. The first-order valence-electron chi connectivity index (χ1n) is 11.4. The molecule has 0 radical (unpaired) electrons. The Morgan fingerprint density at radius 1 is 1.03 bits per heavy atom. The third kappa shape index (κ3) is 4.70. The van der Waals surface area contributed by atoms with Crippen molar-refractivity contribution < 1.29 is 14.3 Å². The molecular weight excluding hydrogens is 440 g/mol. The monoisotopic (exact) mass is 464 g/mol. The van der Waals surface area contributed by atoms with Crippen LogP contribution in [0.15, 0.2) is 91.5 Å². The van der Waals surface area contributed by atoms with Crippen LogP contribution in [0.2, 0.25) is 0 Å². The molecule has 2 heterocycles. The highest BCUT2D eigenvalue weighted by atomic mass is 16.5. The molecule has 0 unspecified atom stereocenters. The average molecular weight is 465 g/mol. The Balaban J connectivity index is 1.51. The minimum atomic E-state index is -0.417. The Hall–Kier alpha value is -4.65. The molecule has 1 aliphatic rings. The van der Waals surface area contributed by atoms with Crippen molar-refractivity contribution in [3.8, 4) is 0 Å². The van der Waals surface area contributed by atoms with E-state index in [1.807, 2.05) is 65.4 Å². The predicted molar refractivity (Wildman–Crippen MR) is 136 cm³/mol. The number of hydrogen-bond acceptors (Lipinski definition) is 5. The van der Waals surface area contributed by atoms with Gasteiger partial charge in [-0.1, -0.05) is 48.5 Å². The van der Waals surface area contributed by atoms with Gasteiger partial charge in [0.1, 0.15) is 0 Å². The molecule has 0 saturated heterocycles. The molecule has 1 amide bonds. The number of imidazole rings is 1. The van der Waals surface area contributed by atoms with Crippen LogP contribution in [0.3, 0.4) is 0 Å². The van der Waals surface area contributed by atoms with Crippen LogP contribution >= 0.6 is 0 Å². The average Bonchev–Trinajstić information content (AvgIpc) is 3.50. The molecule has 0 atom stereocenters. The molecule has 7 nitrogen and oxygen atoms in total. The lowest BCUT2D eigenvalue weighted by Crippen LogP contribution is -2.10. The van der Waals surface area contributed by atoms with Gasteiger partial charge in [-0.2, -0.15) is 0 Å². The molecule has 0 fully saturated rings. The highest BCUT2D eigenvalue weighted by Crippen LogP contribution is 2.38. The number of hydrogen-bond donors (Lipinski definition) is 2. The van der Waals surface area contributed by atoms with E-state index in [-0.39, 0.29) is 12.5 Å². The van der Waals surface area contributed by atoms with Crippen LogP contribution in [0.25, 0.3) is 11.3 Å². The zero-order chi connectivity index (χ0) is 24.2. The van der Waals surface area contributed by atoms with E-state index in [9.17, 15) is 9.59 Å². The molecule has 4 aromatic rings. The van der Waals surface area contributed by atoms with Crippen molar-refractivity contribution in [2.75, 3.05) is 17.2 Å². The van der Waals surface area contributed by atoms with E-state index in [1.165, 1.54) is 0 Å². The van der Waals surface area contributed by atoms with Crippen LogP contribution in [0, 0.1) is 0 Å². The number of carbonyl (C=O) groups excluding carboxylic acids is 2. The number of carbonyl (C=O) groups is 2. The maximum absolute atomic E-state index is 13.1. The molecule has 7 heteroatoms. The van der Waals surface area contributed by atoms with Crippen molar-refractivity contribution in [3.05, 3.63) is 114 Å². The maximum Gasteiger partial charge on any atom is 0.338 e. The third-order valence-electron chi connectivity index (χ3n) is 5.74. The Morgan fingerprint density at radius 3 is 2.54 bits per heavy atom. The topological polar surface area (TPSA) is 85.2 Å². The standard InChI is InChI=1S/C28H24N4O3/c1-2-35-28(34)21-10-13-23-24(16-21)31-27(33)25(23)26(20-6-4-3-5-7-20)30-22-11-8-19(9-12-22)17-32-15-14-29-18-32/h3-16,18,30H,2,17H2,1H3,(H,31,33). The van der Waals surface area contributed by atoms with Crippen LogP contribution in [0.4, 0.5) is 11.4 Å². The molecule has 3 aromatic carbocycles. The van der Waals surface area contributed by atoms with Crippen molar-refractivity contribution in [1.29, 1.82) is 0 Å². The summed E-state index contributed by atoms with van der Waals surface area (Å²) in [4.78, 5) is 29.4. The summed E-state index contributed by atoms with van der Waals surface area (Å²) in [5.41, 5.74) is 5.79. The number of fused-ring (bicyclic) bond motifs is 1. The van der Waals surface area contributed by atoms with Crippen molar-refractivity contribution in [3.63, 3.8) is 0 Å². The molecule has 0 saturated carbocycles. The fourth-order valence-corrected chi connectivity index (χ4v) is 4.08. The van der Waals surface area contributed by atoms with Gasteiger partial charge in [0, 0.05) is 30.2 Å². The molecule has 1 aliphatic heterocycles. The first-order chi connectivity index (χ1) is 17.1. The van der Waals surface area contributed by atoms with E-state index in [4.69, 9.17) is 4.74 Å². The van der Waals surface area contributed by atoms with Crippen LogP contribution in [0.1, 0.15) is 34.0 Å². The van der Waals surface area contributed by atoms with Crippen LogP contribution in [0.5, 0.6) is 0 Å². The normalized spacial score (nSPS) is 13.7. The fourth-order valence-electron chi connectivity index (χ4n) is 4.08. The largest absolute Gasteiger partial charge is 0.462 e. The quantitative estimate of drug-likeness (QED) is 0.296. The van der Waals surface area contributed by atoms with Gasteiger partial charge in [0.15, 0.2) is 0 Å². The second-order valence-corrected chi connectivity index (χ2v) is 8.11. The van der Waals surface area contributed by atoms with Gasteiger partial charge >= 0.3 is 5.97 Å². The summed E-state index contributed by atoms with van der Waals surface area (Å²) in [7, 11) is 0.